The SMILES string of the molecule is Nc1ccccc1Cl.c1ccncc1. The van der Waals surface area contributed by atoms with E-state index in [2.05, 4.69) is 4.98 Å². The fourth-order valence-corrected chi connectivity index (χ4v) is 0.923. The van der Waals surface area contributed by atoms with Gasteiger partial charge in [-0.25, -0.2) is 0 Å². The van der Waals surface area contributed by atoms with Gasteiger partial charge in [0.1, 0.15) is 0 Å². The lowest BCUT2D eigenvalue weighted by Gasteiger charge is -1.91. The minimum Gasteiger partial charge on any atom is -0.398 e. The van der Waals surface area contributed by atoms with Crippen LogP contribution in [-0.4, -0.2) is 4.98 Å². The van der Waals surface area contributed by atoms with E-state index < -0.39 is 0 Å². The molecule has 0 fully saturated rings. The van der Waals surface area contributed by atoms with Crippen molar-refractivity contribution in [1.29, 1.82) is 0 Å². The van der Waals surface area contributed by atoms with E-state index in [1.165, 1.54) is 0 Å². The Morgan fingerprint density at radius 1 is 0.929 bits per heavy atom. The second-order valence-electron chi connectivity index (χ2n) is 2.55. The van der Waals surface area contributed by atoms with Gasteiger partial charge in [-0.1, -0.05) is 29.8 Å². The summed E-state index contributed by atoms with van der Waals surface area (Å²) < 4.78 is 0. The van der Waals surface area contributed by atoms with Crippen LogP contribution in [0.4, 0.5) is 5.69 Å². The molecule has 0 aliphatic rings. The Morgan fingerprint density at radius 3 is 1.86 bits per heavy atom. The highest BCUT2D eigenvalue weighted by molar-refractivity contribution is 6.33. The van der Waals surface area contributed by atoms with Crippen LogP contribution in [0.2, 0.25) is 5.02 Å². The molecule has 2 aromatic rings. The van der Waals surface area contributed by atoms with Crippen LogP contribution in [-0.2, 0) is 0 Å². The zero-order valence-electron chi connectivity index (χ0n) is 7.60. The van der Waals surface area contributed by atoms with Crippen molar-refractivity contribution in [1.82, 2.24) is 4.98 Å². The lowest BCUT2D eigenvalue weighted by molar-refractivity contribution is 1.33. The quantitative estimate of drug-likeness (QED) is 0.673. The molecule has 1 heterocycles. The molecule has 3 heteroatoms. The smallest absolute Gasteiger partial charge is 0.0635 e. The first-order chi connectivity index (χ1) is 6.80. The Balaban J connectivity index is 0.000000146. The van der Waals surface area contributed by atoms with Gasteiger partial charge >= 0.3 is 0 Å². The largest absolute Gasteiger partial charge is 0.398 e. The van der Waals surface area contributed by atoms with Crippen LogP contribution in [0.25, 0.3) is 0 Å². The normalized spacial score (nSPS) is 8.64. The molecule has 2 N–H and O–H groups in total. The van der Waals surface area contributed by atoms with E-state index in [0.717, 1.165) is 0 Å². The van der Waals surface area contributed by atoms with Crippen molar-refractivity contribution in [3.63, 3.8) is 0 Å². The molecule has 0 saturated carbocycles. The molecule has 14 heavy (non-hydrogen) atoms. The third kappa shape index (κ3) is 3.92. The number of rotatable bonds is 0. The van der Waals surface area contributed by atoms with Crippen molar-refractivity contribution < 1.29 is 0 Å². The highest BCUT2D eigenvalue weighted by Crippen LogP contribution is 2.15. The Morgan fingerprint density at radius 2 is 1.57 bits per heavy atom. The van der Waals surface area contributed by atoms with E-state index in [1.54, 1.807) is 24.5 Å². The first kappa shape index (κ1) is 10.5. The number of benzene rings is 1. The van der Waals surface area contributed by atoms with Crippen LogP contribution in [0.1, 0.15) is 0 Å². The zero-order valence-corrected chi connectivity index (χ0v) is 8.35. The summed E-state index contributed by atoms with van der Waals surface area (Å²) in [5, 5.41) is 0.618. The molecule has 0 spiro atoms. The maximum Gasteiger partial charge on any atom is 0.0635 e. The zero-order chi connectivity index (χ0) is 10.2. The van der Waals surface area contributed by atoms with Crippen molar-refractivity contribution in [2.45, 2.75) is 0 Å². The van der Waals surface area contributed by atoms with Gasteiger partial charge in [0.25, 0.3) is 0 Å². The summed E-state index contributed by atoms with van der Waals surface area (Å²) in [5.74, 6) is 0. The van der Waals surface area contributed by atoms with Crippen LogP contribution in [0.3, 0.4) is 0 Å². The fraction of sp³-hybridized carbons (Fsp3) is 0. The van der Waals surface area contributed by atoms with E-state index in [9.17, 15) is 0 Å². The van der Waals surface area contributed by atoms with Crippen molar-refractivity contribution in [2.75, 3.05) is 5.73 Å². The maximum absolute atomic E-state index is 5.58. The monoisotopic (exact) mass is 206 g/mol. The first-order valence-electron chi connectivity index (χ1n) is 4.15. The number of nitrogens with zero attached hydrogens (tertiary/aromatic N) is 1. The van der Waals surface area contributed by atoms with Gasteiger partial charge in [0.05, 0.1) is 10.7 Å². The third-order valence-corrected chi connectivity index (χ3v) is 1.82. The summed E-state index contributed by atoms with van der Waals surface area (Å²) in [6.45, 7) is 0. The number of aromatic nitrogens is 1. The van der Waals surface area contributed by atoms with Crippen molar-refractivity contribution in [3.8, 4) is 0 Å². The van der Waals surface area contributed by atoms with E-state index in [4.69, 9.17) is 17.3 Å². The Hall–Kier alpha value is -1.54. The molecule has 1 aromatic carbocycles. The molecule has 2 rings (SSSR count). The number of hydrogen-bond acceptors (Lipinski definition) is 2. The number of halogens is 1. The van der Waals surface area contributed by atoms with E-state index >= 15 is 0 Å². The predicted molar refractivity (Wildman–Crippen MR) is 60.1 cm³/mol. The van der Waals surface area contributed by atoms with Gasteiger partial charge in [-0.2, -0.15) is 0 Å². The lowest BCUT2D eigenvalue weighted by Crippen LogP contribution is -1.82. The number of nitrogen functional groups attached to an aromatic ring is 1. The number of para-hydroxylation sites is 1. The minimum absolute atomic E-state index is 0.618. The van der Waals surface area contributed by atoms with Gasteiger partial charge in [-0.05, 0) is 24.3 Å². The van der Waals surface area contributed by atoms with E-state index in [1.807, 2.05) is 30.3 Å². The van der Waals surface area contributed by atoms with Gasteiger partial charge < -0.3 is 5.73 Å². The second kappa shape index (κ2) is 6.00. The molecular formula is C11H11ClN2. The number of nitrogens with two attached hydrogens (primary N) is 1. The van der Waals surface area contributed by atoms with Crippen LogP contribution in [0.5, 0.6) is 0 Å². The van der Waals surface area contributed by atoms with Crippen LogP contribution < -0.4 is 5.73 Å². The highest BCUT2D eigenvalue weighted by Gasteiger charge is 1.87. The molecule has 0 radical (unpaired) electrons. The van der Waals surface area contributed by atoms with Gasteiger partial charge in [-0.3, -0.25) is 4.98 Å². The average Bonchev–Trinajstić information content (AvgIpc) is 2.26. The van der Waals surface area contributed by atoms with E-state index in [-0.39, 0.29) is 0 Å². The molecule has 0 aliphatic heterocycles. The third-order valence-electron chi connectivity index (χ3n) is 1.47. The molecule has 0 atom stereocenters. The minimum atomic E-state index is 0.618. The topological polar surface area (TPSA) is 38.9 Å². The standard InChI is InChI=1S/C6H6ClN.C5H5N/c7-5-3-1-2-4-6(5)8;1-2-4-6-5-3-1/h1-4H,8H2;1-5H. The maximum atomic E-state index is 5.58. The Bertz CT molecular complexity index is 315. The summed E-state index contributed by atoms with van der Waals surface area (Å²) in [6, 6.07) is 12.9. The van der Waals surface area contributed by atoms with Crippen molar-refractivity contribution in [2.24, 2.45) is 0 Å². The number of hydrogen-bond donors (Lipinski definition) is 1. The average molecular weight is 207 g/mol. The van der Waals surface area contributed by atoms with E-state index in [0.29, 0.717) is 10.7 Å². The first-order valence-corrected chi connectivity index (χ1v) is 4.53. The summed E-state index contributed by atoms with van der Waals surface area (Å²) in [7, 11) is 0. The van der Waals surface area contributed by atoms with Crippen LogP contribution >= 0.6 is 11.6 Å². The van der Waals surface area contributed by atoms with Crippen LogP contribution in [0.15, 0.2) is 54.9 Å². The predicted octanol–water partition coefficient (Wildman–Crippen LogP) is 3.00. The molecule has 0 unspecified atom stereocenters. The molecule has 0 aliphatic carbocycles. The molecule has 0 amide bonds. The van der Waals surface area contributed by atoms with Gasteiger partial charge in [0, 0.05) is 12.4 Å². The molecule has 1 aromatic heterocycles. The Labute approximate surface area is 88.4 Å². The van der Waals surface area contributed by atoms with Crippen LogP contribution in [0, 0.1) is 0 Å². The van der Waals surface area contributed by atoms with Gasteiger partial charge in [0.15, 0.2) is 0 Å². The Kier molecular flexibility index (Phi) is 4.51. The molecule has 72 valence electrons. The van der Waals surface area contributed by atoms with Gasteiger partial charge in [0.2, 0.25) is 0 Å². The summed E-state index contributed by atoms with van der Waals surface area (Å²) in [6.07, 6.45) is 3.50. The summed E-state index contributed by atoms with van der Waals surface area (Å²) in [5.41, 5.74) is 6.02. The highest BCUT2D eigenvalue weighted by atomic mass is 35.5. The van der Waals surface area contributed by atoms with Gasteiger partial charge in [-0.15, -0.1) is 0 Å². The number of anilines is 1. The lowest BCUT2D eigenvalue weighted by atomic mass is 10.3. The summed E-state index contributed by atoms with van der Waals surface area (Å²) in [4.78, 5) is 3.78. The number of pyridine rings is 1. The molecule has 0 bridgehead atoms. The molecule has 0 saturated heterocycles. The summed E-state index contributed by atoms with van der Waals surface area (Å²) >= 11 is 5.58. The van der Waals surface area contributed by atoms with Crippen molar-refractivity contribution in [3.05, 3.63) is 59.9 Å². The second-order valence-corrected chi connectivity index (χ2v) is 2.95. The molecular weight excluding hydrogens is 196 g/mol. The molecule has 2 nitrogen and oxygen atoms in total. The van der Waals surface area contributed by atoms with Crippen molar-refractivity contribution >= 4 is 17.3 Å². The fourth-order valence-electron chi connectivity index (χ4n) is 0.788.